The topological polar surface area (TPSA) is 122 Å². The van der Waals surface area contributed by atoms with Gasteiger partial charge in [0.25, 0.3) is 11.5 Å². The van der Waals surface area contributed by atoms with Gasteiger partial charge in [-0.1, -0.05) is 6.92 Å². The summed E-state index contributed by atoms with van der Waals surface area (Å²) in [5.41, 5.74) is 0.137. The number of aryl methyl sites for hydroxylation is 1. The molecule has 144 valence electrons. The molecule has 0 saturated carbocycles. The summed E-state index contributed by atoms with van der Waals surface area (Å²) in [6.45, 7) is 2.62. The number of hydrogen-bond donors (Lipinski definition) is 2. The van der Waals surface area contributed by atoms with Gasteiger partial charge in [0, 0.05) is 19.2 Å². The number of hydrogen-bond acceptors (Lipinski definition) is 6. The van der Waals surface area contributed by atoms with Crippen molar-refractivity contribution in [3.63, 3.8) is 0 Å². The van der Waals surface area contributed by atoms with E-state index < -0.39 is 15.9 Å². The number of phenols is 1. The van der Waals surface area contributed by atoms with Crippen LogP contribution in [0.3, 0.4) is 0 Å². The second-order valence-corrected chi connectivity index (χ2v) is 8.19. The molecule has 2 N–H and O–H groups in total. The summed E-state index contributed by atoms with van der Waals surface area (Å²) in [5, 5.41) is 16.6. The number of carbonyl (C=O) groups is 1. The van der Waals surface area contributed by atoms with Crippen LogP contribution in [0.25, 0.3) is 0 Å². The van der Waals surface area contributed by atoms with E-state index in [0.29, 0.717) is 31.6 Å². The van der Waals surface area contributed by atoms with Gasteiger partial charge in [0.1, 0.15) is 11.4 Å². The molecule has 1 fully saturated rings. The highest BCUT2D eigenvalue weighted by Gasteiger charge is 2.29. The van der Waals surface area contributed by atoms with Crippen LogP contribution in [0.15, 0.2) is 35.1 Å². The lowest BCUT2D eigenvalue weighted by atomic mass is 10.2. The normalized spacial score (nSPS) is 15.7. The molecule has 27 heavy (non-hydrogen) atoms. The Morgan fingerprint density at radius 3 is 2.74 bits per heavy atom. The van der Waals surface area contributed by atoms with Gasteiger partial charge in [0.15, 0.2) is 0 Å². The average molecular weight is 392 g/mol. The lowest BCUT2D eigenvalue weighted by Gasteiger charge is -2.18. The fourth-order valence-electron chi connectivity index (χ4n) is 2.84. The van der Waals surface area contributed by atoms with E-state index >= 15 is 0 Å². The van der Waals surface area contributed by atoms with E-state index in [2.05, 4.69) is 10.4 Å². The number of anilines is 2. The van der Waals surface area contributed by atoms with Crippen LogP contribution in [-0.4, -0.2) is 41.5 Å². The number of benzene rings is 1. The highest BCUT2D eigenvalue weighted by atomic mass is 32.2. The molecule has 0 bridgehead atoms. The molecule has 0 spiro atoms. The molecular formula is C17H20N4O5S. The number of rotatable bonds is 5. The number of aromatic hydroxyl groups is 1. The molecule has 1 aliphatic rings. The van der Waals surface area contributed by atoms with E-state index in [-0.39, 0.29) is 28.4 Å². The standard InChI is InChI=1S/C17H20N4O5S/c1-2-8-20-16(23)7-5-13(19-20)17(24)18-14-11-12(4-6-15(14)22)21-9-3-10-27(21,25)26/h4-7,11,22H,2-3,8-10H2,1H3,(H,18,24). The molecule has 0 atom stereocenters. The Hall–Kier alpha value is -2.88. The van der Waals surface area contributed by atoms with Gasteiger partial charge >= 0.3 is 0 Å². The molecule has 9 nitrogen and oxygen atoms in total. The molecule has 1 aromatic heterocycles. The van der Waals surface area contributed by atoms with Crippen molar-refractivity contribution in [1.29, 1.82) is 0 Å². The number of nitrogens with zero attached hydrogens (tertiary/aromatic N) is 3. The fourth-order valence-corrected chi connectivity index (χ4v) is 4.39. The number of nitrogens with one attached hydrogen (secondary N) is 1. The molecule has 2 heterocycles. The predicted octanol–water partition coefficient (Wildman–Crippen LogP) is 1.15. The first-order valence-corrected chi connectivity index (χ1v) is 10.2. The van der Waals surface area contributed by atoms with Crippen molar-refractivity contribution in [3.8, 4) is 5.75 Å². The first-order valence-electron chi connectivity index (χ1n) is 8.55. The molecule has 0 aliphatic carbocycles. The van der Waals surface area contributed by atoms with Crippen LogP contribution in [0.4, 0.5) is 11.4 Å². The molecule has 1 saturated heterocycles. The van der Waals surface area contributed by atoms with Crippen molar-refractivity contribution in [3.05, 3.63) is 46.4 Å². The largest absolute Gasteiger partial charge is 0.506 e. The van der Waals surface area contributed by atoms with Crippen LogP contribution in [-0.2, 0) is 16.6 Å². The zero-order chi connectivity index (χ0) is 19.6. The van der Waals surface area contributed by atoms with E-state index in [1.54, 1.807) is 0 Å². The molecule has 1 aromatic carbocycles. The molecule has 2 aromatic rings. The van der Waals surface area contributed by atoms with Crippen LogP contribution >= 0.6 is 0 Å². The van der Waals surface area contributed by atoms with E-state index in [9.17, 15) is 23.1 Å². The lowest BCUT2D eigenvalue weighted by molar-refractivity contribution is 0.101. The van der Waals surface area contributed by atoms with Crippen LogP contribution in [0, 0.1) is 0 Å². The SMILES string of the molecule is CCCn1nc(C(=O)Nc2cc(N3CCCS3(=O)=O)ccc2O)ccc1=O. The van der Waals surface area contributed by atoms with Gasteiger partial charge in [0.05, 0.1) is 17.1 Å². The minimum absolute atomic E-state index is 0.0154. The van der Waals surface area contributed by atoms with Crippen molar-refractivity contribution in [2.24, 2.45) is 0 Å². The first kappa shape index (κ1) is 18.9. The lowest BCUT2D eigenvalue weighted by Crippen LogP contribution is -2.26. The summed E-state index contributed by atoms with van der Waals surface area (Å²) in [6.07, 6.45) is 1.21. The van der Waals surface area contributed by atoms with Crippen molar-refractivity contribution >= 4 is 27.3 Å². The van der Waals surface area contributed by atoms with Gasteiger partial charge in [-0.2, -0.15) is 5.10 Å². The molecule has 10 heteroatoms. The number of aromatic nitrogens is 2. The molecule has 3 rings (SSSR count). The Bertz CT molecular complexity index is 1030. The van der Waals surface area contributed by atoms with Gasteiger partial charge in [-0.05, 0) is 37.1 Å². The first-order chi connectivity index (χ1) is 12.8. The second kappa shape index (κ2) is 7.39. The molecular weight excluding hydrogens is 372 g/mol. The van der Waals surface area contributed by atoms with Crippen LogP contribution in [0.5, 0.6) is 5.75 Å². The quantitative estimate of drug-likeness (QED) is 0.736. The van der Waals surface area contributed by atoms with Crippen molar-refractivity contribution in [1.82, 2.24) is 9.78 Å². The predicted molar refractivity (Wildman–Crippen MR) is 101 cm³/mol. The minimum atomic E-state index is -3.38. The van der Waals surface area contributed by atoms with Crippen molar-refractivity contribution in [2.75, 3.05) is 21.9 Å². The van der Waals surface area contributed by atoms with Crippen LogP contribution in [0.2, 0.25) is 0 Å². The molecule has 0 unspecified atom stereocenters. The maximum Gasteiger partial charge on any atom is 0.276 e. The summed E-state index contributed by atoms with van der Waals surface area (Å²) in [6, 6.07) is 6.76. The van der Waals surface area contributed by atoms with E-state index in [4.69, 9.17) is 0 Å². The Labute approximate surface area is 156 Å². The third-order valence-electron chi connectivity index (χ3n) is 4.15. The van der Waals surface area contributed by atoms with Gasteiger partial charge in [0.2, 0.25) is 10.0 Å². The number of phenolic OH excluding ortho intramolecular Hbond substituents is 1. The average Bonchev–Trinajstić information content (AvgIpc) is 2.98. The van der Waals surface area contributed by atoms with Gasteiger partial charge in [-0.25, -0.2) is 13.1 Å². The number of carbonyl (C=O) groups excluding carboxylic acids is 1. The van der Waals surface area contributed by atoms with E-state index in [0.717, 1.165) is 0 Å². The molecule has 1 aliphatic heterocycles. The Morgan fingerprint density at radius 1 is 1.30 bits per heavy atom. The zero-order valence-corrected chi connectivity index (χ0v) is 15.6. The van der Waals surface area contributed by atoms with Gasteiger partial charge < -0.3 is 10.4 Å². The van der Waals surface area contributed by atoms with E-state index in [1.807, 2.05) is 6.92 Å². The Morgan fingerprint density at radius 2 is 2.07 bits per heavy atom. The van der Waals surface area contributed by atoms with E-state index in [1.165, 1.54) is 39.3 Å². The van der Waals surface area contributed by atoms with Crippen LogP contribution < -0.4 is 15.2 Å². The third-order valence-corrected chi connectivity index (χ3v) is 6.02. The Kier molecular flexibility index (Phi) is 5.17. The molecule has 1 amide bonds. The summed E-state index contributed by atoms with van der Waals surface area (Å²) in [5.74, 6) is -0.750. The van der Waals surface area contributed by atoms with Gasteiger partial charge in [-0.3, -0.25) is 13.9 Å². The molecule has 0 radical (unpaired) electrons. The van der Waals surface area contributed by atoms with Crippen molar-refractivity contribution in [2.45, 2.75) is 26.3 Å². The van der Waals surface area contributed by atoms with Gasteiger partial charge in [-0.15, -0.1) is 0 Å². The van der Waals surface area contributed by atoms with Crippen molar-refractivity contribution < 1.29 is 18.3 Å². The maximum absolute atomic E-state index is 12.5. The zero-order valence-electron chi connectivity index (χ0n) is 14.8. The smallest absolute Gasteiger partial charge is 0.276 e. The summed E-state index contributed by atoms with van der Waals surface area (Å²) in [7, 11) is -3.38. The summed E-state index contributed by atoms with van der Waals surface area (Å²) in [4.78, 5) is 24.2. The second-order valence-electron chi connectivity index (χ2n) is 6.18. The maximum atomic E-state index is 12.5. The Balaban J connectivity index is 1.87. The highest BCUT2D eigenvalue weighted by molar-refractivity contribution is 7.93. The van der Waals surface area contributed by atoms with Crippen LogP contribution in [0.1, 0.15) is 30.3 Å². The third kappa shape index (κ3) is 3.95. The summed E-state index contributed by atoms with van der Waals surface area (Å²) >= 11 is 0. The number of amides is 1. The number of sulfonamides is 1. The minimum Gasteiger partial charge on any atom is -0.506 e. The highest BCUT2D eigenvalue weighted by Crippen LogP contribution is 2.32. The monoisotopic (exact) mass is 392 g/mol. The summed E-state index contributed by atoms with van der Waals surface area (Å²) < 4.78 is 26.6. The fraction of sp³-hybridized carbons (Fsp3) is 0.353.